The largest absolute Gasteiger partial charge is 0.337 e. The lowest BCUT2D eigenvalue weighted by atomic mass is 10.1. The van der Waals surface area contributed by atoms with Crippen LogP contribution in [-0.4, -0.2) is 21.7 Å². The van der Waals surface area contributed by atoms with E-state index in [1.54, 1.807) is 6.08 Å². The van der Waals surface area contributed by atoms with Gasteiger partial charge in [0.25, 0.3) is 0 Å². The number of benzene rings is 2. The van der Waals surface area contributed by atoms with Crippen molar-refractivity contribution in [2.45, 2.75) is 32.4 Å². The molecule has 0 unspecified atom stereocenters. The number of carbonyl (C=O) groups is 1. The van der Waals surface area contributed by atoms with Gasteiger partial charge in [0.05, 0.1) is 18.3 Å². The molecule has 29 heavy (non-hydrogen) atoms. The second-order valence-corrected chi connectivity index (χ2v) is 6.79. The van der Waals surface area contributed by atoms with Crippen molar-refractivity contribution in [2.75, 3.05) is 0 Å². The predicted octanol–water partition coefficient (Wildman–Crippen LogP) is 4.42. The van der Waals surface area contributed by atoms with Gasteiger partial charge in [-0.05, 0) is 18.1 Å². The highest BCUT2D eigenvalue weighted by Gasteiger charge is 2.11. The maximum atomic E-state index is 12.2. The topological polar surface area (TPSA) is 70.7 Å². The Morgan fingerprint density at radius 1 is 1.17 bits per heavy atom. The fraction of sp³-hybridized carbons (Fsp3) is 0.208. The first-order valence-corrected chi connectivity index (χ1v) is 9.74. The summed E-state index contributed by atoms with van der Waals surface area (Å²) < 4.78 is 1.88. The maximum Gasteiger partial charge on any atom is 0.245 e. The first kappa shape index (κ1) is 20.1. The molecular weight excluding hydrogens is 360 g/mol. The molecule has 1 amide bonds. The molecule has 1 aromatic heterocycles. The second kappa shape index (κ2) is 10.0. The number of carbonyl (C=O) groups excluding carboxylic acids is 1. The molecule has 0 fully saturated rings. The minimum Gasteiger partial charge on any atom is -0.337 e. The summed E-state index contributed by atoms with van der Waals surface area (Å²) >= 11 is 0. The lowest BCUT2D eigenvalue weighted by Crippen LogP contribution is -2.32. The number of amides is 1. The average Bonchev–Trinajstić information content (AvgIpc) is 3.16. The predicted molar refractivity (Wildman–Crippen MR) is 115 cm³/mol. The van der Waals surface area contributed by atoms with E-state index in [0.717, 1.165) is 28.8 Å². The lowest BCUT2D eigenvalue weighted by molar-refractivity contribution is -0.116. The van der Waals surface area contributed by atoms with E-state index in [4.69, 9.17) is 10.4 Å². The van der Waals surface area contributed by atoms with Crippen molar-refractivity contribution in [1.82, 2.24) is 15.1 Å². The summed E-state index contributed by atoms with van der Waals surface area (Å²) in [5.74, 6) is -0.278. The monoisotopic (exact) mass is 384 g/mol. The number of nitrogens with zero attached hydrogens (tertiary/aromatic N) is 3. The van der Waals surface area contributed by atoms with Crippen LogP contribution in [0.2, 0.25) is 0 Å². The Hall–Kier alpha value is -3.65. The van der Waals surface area contributed by atoms with Gasteiger partial charge in [0.2, 0.25) is 5.91 Å². The summed E-state index contributed by atoms with van der Waals surface area (Å²) in [5, 5.41) is 16.6. The smallest absolute Gasteiger partial charge is 0.245 e. The first-order valence-electron chi connectivity index (χ1n) is 9.74. The Bertz CT molecular complexity index is 1000. The van der Waals surface area contributed by atoms with Gasteiger partial charge in [0, 0.05) is 23.4 Å². The van der Waals surface area contributed by atoms with Crippen molar-refractivity contribution in [3.05, 3.63) is 84.1 Å². The Morgan fingerprint density at radius 2 is 1.86 bits per heavy atom. The molecule has 1 heterocycles. The molecule has 3 aromatic rings. The molecule has 0 bridgehead atoms. The average molecular weight is 384 g/mol. The standard InChI is InChI=1S/C24H24N4O/c1-2-9-22(16-25)26-23(29)15-14-21-18-28(17-19-10-5-3-6-11-19)27-24(21)20-12-7-4-8-13-20/h3-8,10-15,18,22H,2,9,17H2,1H3,(H,26,29)/b15-14-/t22-/m1/s1. The summed E-state index contributed by atoms with van der Waals surface area (Å²) in [5.41, 5.74) is 3.81. The zero-order chi connectivity index (χ0) is 20.5. The summed E-state index contributed by atoms with van der Waals surface area (Å²) in [6, 6.07) is 21.7. The van der Waals surface area contributed by atoms with Crippen LogP contribution in [0.15, 0.2) is 72.9 Å². The molecule has 0 saturated heterocycles. The van der Waals surface area contributed by atoms with Crippen molar-refractivity contribution in [3.63, 3.8) is 0 Å². The van der Waals surface area contributed by atoms with E-state index in [-0.39, 0.29) is 5.91 Å². The Kier molecular flexibility index (Phi) is 6.96. The third-order valence-electron chi connectivity index (χ3n) is 4.49. The van der Waals surface area contributed by atoms with Gasteiger partial charge in [0.15, 0.2) is 0 Å². The van der Waals surface area contributed by atoms with Crippen molar-refractivity contribution in [2.24, 2.45) is 0 Å². The lowest BCUT2D eigenvalue weighted by Gasteiger charge is -2.07. The van der Waals surface area contributed by atoms with Gasteiger partial charge in [-0.25, -0.2) is 0 Å². The number of nitriles is 1. The summed E-state index contributed by atoms with van der Waals surface area (Å²) in [6.45, 7) is 2.63. The highest BCUT2D eigenvalue weighted by Crippen LogP contribution is 2.23. The molecule has 0 spiro atoms. The zero-order valence-corrected chi connectivity index (χ0v) is 16.5. The Labute approximate surface area is 171 Å². The van der Waals surface area contributed by atoms with Gasteiger partial charge in [-0.1, -0.05) is 74.0 Å². The third kappa shape index (κ3) is 5.66. The summed E-state index contributed by atoms with van der Waals surface area (Å²) in [7, 11) is 0. The minimum atomic E-state index is -0.466. The van der Waals surface area contributed by atoms with Crippen LogP contribution in [0.5, 0.6) is 0 Å². The van der Waals surface area contributed by atoms with E-state index in [2.05, 4.69) is 23.5 Å². The van der Waals surface area contributed by atoms with E-state index in [9.17, 15) is 4.79 Å². The van der Waals surface area contributed by atoms with Crippen LogP contribution in [0.3, 0.4) is 0 Å². The van der Waals surface area contributed by atoms with Gasteiger partial charge in [-0.15, -0.1) is 0 Å². The molecule has 1 atom stereocenters. The molecule has 0 aliphatic rings. The molecule has 2 aromatic carbocycles. The number of rotatable bonds is 8. The van der Waals surface area contributed by atoms with Gasteiger partial charge in [0.1, 0.15) is 6.04 Å². The quantitative estimate of drug-likeness (QED) is 0.585. The second-order valence-electron chi connectivity index (χ2n) is 6.79. The number of aromatic nitrogens is 2. The number of hydrogen-bond acceptors (Lipinski definition) is 3. The fourth-order valence-electron chi connectivity index (χ4n) is 3.07. The number of nitrogens with one attached hydrogen (secondary N) is 1. The van der Waals surface area contributed by atoms with Crippen LogP contribution in [0.25, 0.3) is 17.3 Å². The molecule has 5 heteroatoms. The molecule has 0 aliphatic heterocycles. The van der Waals surface area contributed by atoms with E-state index in [1.165, 1.54) is 6.08 Å². The molecule has 3 rings (SSSR count). The molecule has 0 aliphatic carbocycles. The van der Waals surface area contributed by atoms with Gasteiger partial charge >= 0.3 is 0 Å². The van der Waals surface area contributed by atoms with Gasteiger partial charge in [-0.2, -0.15) is 10.4 Å². The van der Waals surface area contributed by atoms with Gasteiger partial charge in [-0.3, -0.25) is 9.48 Å². The molecule has 0 radical (unpaired) electrons. The normalized spacial score (nSPS) is 11.9. The number of hydrogen-bond donors (Lipinski definition) is 1. The van der Waals surface area contributed by atoms with Crippen molar-refractivity contribution in [1.29, 1.82) is 5.26 Å². The van der Waals surface area contributed by atoms with Crippen molar-refractivity contribution in [3.8, 4) is 17.3 Å². The SMILES string of the molecule is CCC[C@H](C#N)NC(=O)/C=C\c1cn(Cc2ccccc2)nc1-c1ccccc1. The maximum absolute atomic E-state index is 12.2. The highest BCUT2D eigenvalue weighted by atomic mass is 16.1. The van der Waals surface area contributed by atoms with Crippen molar-refractivity contribution < 1.29 is 4.79 Å². The van der Waals surface area contributed by atoms with E-state index >= 15 is 0 Å². The van der Waals surface area contributed by atoms with Crippen LogP contribution in [0.4, 0.5) is 0 Å². The Morgan fingerprint density at radius 3 is 2.52 bits per heavy atom. The van der Waals surface area contributed by atoms with Gasteiger partial charge < -0.3 is 5.32 Å². The summed E-state index contributed by atoms with van der Waals surface area (Å²) in [6.07, 6.45) is 6.64. The van der Waals surface area contributed by atoms with E-state index in [0.29, 0.717) is 13.0 Å². The first-order chi connectivity index (χ1) is 14.2. The Balaban J connectivity index is 1.84. The van der Waals surface area contributed by atoms with Crippen LogP contribution < -0.4 is 5.32 Å². The van der Waals surface area contributed by atoms with Crippen LogP contribution >= 0.6 is 0 Å². The highest BCUT2D eigenvalue weighted by molar-refractivity contribution is 5.93. The summed E-state index contributed by atoms with van der Waals surface area (Å²) in [4.78, 5) is 12.2. The van der Waals surface area contributed by atoms with Crippen LogP contribution in [0, 0.1) is 11.3 Å². The zero-order valence-electron chi connectivity index (χ0n) is 16.5. The van der Waals surface area contributed by atoms with Crippen LogP contribution in [0.1, 0.15) is 30.9 Å². The van der Waals surface area contributed by atoms with E-state index in [1.807, 2.05) is 66.3 Å². The minimum absolute atomic E-state index is 0.278. The molecule has 1 N–H and O–H groups in total. The van der Waals surface area contributed by atoms with Crippen molar-refractivity contribution >= 4 is 12.0 Å². The molecule has 5 nitrogen and oxygen atoms in total. The van der Waals surface area contributed by atoms with E-state index < -0.39 is 6.04 Å². The molecular formula is C24H24N4O. The third-order valence-corrected chi connectivity index (χ3v) is 4.49. The molecule has 0 saturated carbocycles. The molecule has 146 valence electrons. The van der Waals surface area contributed by atoms with Crippen LogP contribution in [-0.2, 0) is 11.3 Å². The fourth-order valence-corrected chi connectivity index (χ4v) is 3.07.